The maximum Gasteiger partial charge on any atom is 0.355 e. The minimum Gasteiger partial charge on any atom is -0.451 e. The molecule has 3 rings (SSSR count). The van der Waals surface area contributed by atoms with Crippen LogP contribution in [0.25, 0.3) is 10.9 Å². The van der Waals surface area contributed by atoms with Gasteiger partial charge in [-0.3, -0.25) is 20.4 Å². The number of hydrogen-bond donors (Lipinski definition) is 3. The smallest absolute Gasteiger partial charge is 0.355 e. The van der Waals surface area contributed by atoms with Crippen LogP contribution >= 0.6 is 0 Å². The largest absolute Gasteiger partial charge is 0.451 e. The summed E-state index contributed by atoms with van der Waals surface area (Å²) in [5.74, 6) is -1.76. The minimum atomic E-state index is -0.653. The van der Waals surface area contributed by atoms with Gasteiger partial charge in [0.25, 0.3) is 11.8 Å². The number of nitrogens with one attached hydrogen (secondary N) is 3. The number of fused-ring (bicyclic) bond motifs is 1. The molecule has 0 atom stereocenters. The molecule has 156 valence electrons. The van der Waals surface area contributed by atoms with Gasteiger partial charge >= 0.3 is 5.97 Å². The number of rotatable bonds is 7. The summed E-state index contributed by atoms with van der Waals surface area (Å²) in [6, 6.07) is 16.1. The Balaban J connectivity index is 1.47. The molecule has 8 nitrogen and oxygen atoms in total. The highest BCUT2D eigenvalue weighted by Crippen LogP contribution is 2.16. The second kappa shape index (κ2) is 9.60. The van der Waals surface area contributed by atoms with Crippen molar-refractivity contribution in [1.82, 2.24) is 15.8 Å². The van der Waals surface area contributed by atoms with Gasteiger partial charge < -0.3 is 14.6 Å². The zero-order valence-corrected chi connectivity index (χ0v) is 16.9. The number of amides is 2. The van der Waals surface area contributed by atoms with Crippen LogP contribution in [-0.4, -0.2) is 42.5 Å². The zero-order valence-electron chi connectivity index (χ0n) is 16.9. The fourth-order valence-electron chi connectivity index (χ4n) is 3.04. The van der Waals surface area contributed by atoms with E-state index in [1.165, 1.54) is 0 Å². The van der Waals surface area contributed by atoms with Gasteiger partial charge in [0, 0.05) is 35.2 Å². The molecule has 30 heavy (non-hydrogen) atoms. The molecule has 0 bridgehead atoms. The lowest BCUT2D eigenvalue weighted by Gasteiger charge is -2.21. The molecular weight excluding hydrogens is 384 g/mol. The third-order valence-electron chi connectivity index (χ3n) is 4.66. The molecule has 0 radical (unpaired) electrons. The third kappa shape index (κ3) is 4.96. The van der Waals surface area contributed by atoms with Crippen LogP contribution in [0.15, 0.2) is 54.6 Å². The van der Waals surface area contributed by atoms with Gasteiger partial charge in [-0.2, -0.15) is 0 Å². The highest BCUT2D eigenvalue weighted by Gasteiger charge is 2.14. The second-order valence-electron chi connectivity index (χ2n) is 6.57. The number of hydrogen-bond acceptors (Lipinski definition) is 5. The number of carbonyl (C=O) groups is 3. The molecule has 3 N–H and O–H groups in total. The third-order valence-corrected chi connectivity index (χ3v) is 4.66. The summed E-state index contributed by atoms with van der Waals surface area (Å²) in [5.41, 5.74) is 7.02. The number of aromatic nitrogens is 1. The van der Waals surface area contributed by atoms with E-state index in [9.17, 15) is 14.4 Å². The van der Waals surface area contributed by atoms with E-state index < -0.39 is 24.4 Å². The Morgan fingerprint density at radius 2 is 1.67 bits per heavy atom. The van der Waals surface area contributed by atoms with E-state index in [0.29, 0.717) is 5.56 Å². The molecule has 0 unspecified atom stereocenters. The highest BCUT2D eigenvalue weighted by molar-refractivity contribution is 5.97. The zero-order chi connectivity index (χ0) is 21.5. The quantitative estimate of drug-likeness (QED) is 0.412. The first-order valence-corrected chi connectivity index (χ1v) is 9.71. The van der Waals surface area contributed by atoms with E-state index in [0.717, 1.165) is 29.7 Å². The molecule has 0 aliphatic heterocycles. The molecule has 3 aromatic rings. The van der Waals surface area contributed by atoms with Gasteiger partial charge in [-0.25, -0.2) is 4.79 Å². The van der Waals surface area contributed by atoms with Crippen LogP contribution < -0.4 is 15.8 Å². The number of hydrazine groups is 1. The SMILES string of the molecule is CCN(CC)c1ccc(C(=O)NNC(=O)COC(=O)c2cc3ccccc3[nH]2)cc1. The van der Waals surface area contributed by atoms with Crippen molar-refractivity contribution in [3.8, 4) is 0 Å². The lowest BCUT2D eigenvalue weighted by atomic mass is 10.2. The Labute approximate surface area is 174 Å². The lowest BCUT2D eigenvalue weighted by Crippen LogP contribution is -2.43. The Kier molecular flexibility index (Phi) is 6.69. The number of carbonyl (C=O) groups excluding carboxylic acids is 3. The molecule has 8 heteroatoms. The van der Waals surface area contributed by atoms with E-state index in [-0.39, 0.29) is 5.69 Å². The minimum absolute atomic E-state index is 0.251. The number of benzene rings is 2. The summed E-state index contributed by atoms with van der Waals surface area (Å²) in [6.07, 6.45) is 0. The Hall–Kier alpha value is -3.81. The van der Waals surface area contributed by atoms with E-state index in [1.54, 1.807) is 18.2 Å². The summed E-state index contributed by atoms with van der Waals surface area (Å²) in [6.45, 7) is 5.34. The van der Waals surface area contributed by atoms with Crippen molar-refractivity contribution in [2.24, 2.45) is 0 Å². The maximum atomic E-state index is 12.2. The van der Waals surface area contributed by atoms with Crippen LogP contribution in [0.2, 0.25) is 0 Å². The van der Waals surface area contributed by atoms with Crippen molar-refractivity contribution in [1.29, 1.82) is 0 Å². The van der Waals surface area contributed by atoms with Crippen molar-refractivity contribution in [2.45, 2.75) is 13.8 Å². The Morgan fingerprint density at radius 1 is 0.967 bits per heavy atom. The highest BCUT2D eigenvalue weighted by atomic mass is 16.5. The summed E-state index contributed by atoms with van der Waals surface area (Å²) in [4.78, 5) is 41.2. The molecule has 1 heterocycles. The van der Waals surface area contributed by atoms with Crippen LogP contribution in [0.1, 0.15) is 34.7 Å². The first-order chi connectivity index (χ1) is 14.5. The Bertz CT molecular complexity index is 1010. The number of H-pyrrole nitrogens is 1. The van der Waals surface area contributed by atoms with Gasteiger partial charge in [0.1, 0.15) is 5.69 Å². The summed E-state index contributed by atoms with van der Waals surface area (Å²) in [7, 11) is 0. The molecule has 0 fully saturated rings. The summed E-state index contributed by atoms with van der Waals surface area (Å²) >= 11 is 0. The number of aromatic amines is 1. The number of ether oxygens (including phenoxy) is 1. The van der Waals surface area contributed by atoms with Crippen LogP contribution in [0.4, 0.5) is 5.69 Å². The molecule has 0 saturated heterocycles. The average molecular weight is 408 g/mol. The molecule has 0 aliphatic carbocycles. The van der Waals surface area contributed by atoms with Crippen LogP contribution in [-0.2, 0) is 9.53 Å². The number of anilines is 1. The molecule has 2 amide bonds. The van der Waals surface area contributed by atoms with E-state index in [1.807, 2.05) is 36.4 Å². The molecular formula is C22H24N4O4. The van der Waals surface area contributed by atoms with Gasteiger partial charge in [-0.1, -0.05) is 18.2 Å². The fraction of sp³-hybridized carbons (Fsp3) is 0.227. The fourth-order valence-corrected chi connectivity index (χ4v) is 3.04. The predicted molar refractivity (Wildman–Crippen MR) is 114 cm³/mol. The molecule has 1 aromatic heterocycles. The van der Waals surface area contributed by atoms with E-state index >= 15 is 0 Å². The average Bonchev–Trinajstić information content (AvgIpc) is 3.21. The van der Waals surface area contributed by atoms with Crippen molar-refractivity contribution >= 4 is 34.4 Å². The molecule has 0 spiro atoms. The summed E-state index contributed by atoms with van der Waals surface area (Å²) in [5, 5.41) is 0.869. The first kappa shape index (κ1) is 20.9. The molecule has 0 saturated carbocycles. The normalized spacial score (nSPS) is 10.5. The number of para-hydroxylation sites is 1. The van der Waals surface area contributed by atoms with Gasteiger partial charge in [0.2, 0.25) is 0 Å². The first-order valence-electron chi connectivity index (χ1n) is 9.71. The van der Waals surface area contributed by atoms with Crippen molar-refractivity contribution in [3.63, 3.8) is 0 Å². The van der Waals surface area contributed by atoms with Crippen molar-refractivity contribution in [3.05, 3.63) is 65.9 Å². The second-order valence-corrected chi connectivity index (χ2v) is 6.57. The van der Waals surface area contributed by atoms with Crippen molar-refractivity contribution in [2.75, 3.05) is 24.6 Å². The topological polar surface area (TPSA) is 104 Å². The monoisotopic (exact) mass is 408 g/mol. The van der Waals surface area contributed by atoms with Crippen molar-refractivity contribution < 1.29 is 19.1 Å². The van der Waals surface area contributed by atoms with Crippen LogP contribution in [0, 0.1) is 0 Å². The number of nitrogens with zero attached hydrogens (tertiary/aromatic N) is 1. The van der Waals surface area contributed by atoms with Crippen LogP contribution in [0.5, 0.6) is 0 Å². The summed E-state index contributed by atoms with van der Waals surface area (Å²) < 4.78 is 4.99. The number of esters is 1. The predicted octanol–water partition coefficient (Wildman–Crippen LogP) is 2.63. The molecule has 0 aliphatic rings. The van der Waals surface area contributed by atoms with Crippen LogP contribution in [0.3, 0.4) is 0 Å². The molecule has 2 aromatic carbocycles. The van der Waals surface area contributed by atoms with E-state index in [4.69, 9.17) is 4.74 Å². The van der Waals surface area contributed by atoms with Gasteiger partial charge in [-0.15, -0.1) is 0 Å². The van der Waals surface area contributed by atoms with E-state index in [2.05, 4.69) is 34.6 Å². The standard InChI is InChI=1S/C22H24N4O4/c1-3-26(4-2)17-11-9-15(10-12-17)21(28)25-24-20(27)14-30-22(29)19-13-16-7-5-6-8-18(16)23-19/h5-13,23H,3-4,14H2,1-2H3,(H,24,27)(H,25,28). The maximum absolute atomic E-state index is 12.2. The lowest BCUT2D eigenvalue weighted by molar-refractivity contribution is -0.125. The van der Waals surface area contributed by atoms with Gasteiger partial charge in [-0.05, 0) is 50.2 Å². The van der Waals surface area contributed by atoms with Gasteiger partial charge in [0.15, 0.2) is 6.61 Å². The Morgan fingerprint density at radius 3 is 2.33 bits per heavy atom. The van der Waals surface area contributed by atoms with Gasteiger partial charge in [0.05, 0.1) is 0 Å².